The number of thiazole rings is 1. The molecule has 0 aliphatic rings. The van der Waals surface area contributed by atoms with E-state index in [-0.39, 0.29) is 11.4 Å². The van der Waals surface area contributed by atoms with Gasteiger partial charge in [0, 0.05) is 11.1 Å². The number of aryl methyl sites for hydroxylation is 1. The molecule has 0 aliphatic carbocycles. The molecule has 10 heteroatoms. The van der Waals surface area contributed by atoms with E-state index in [1.807, 2.05) is 0 Å². The molecule has 0 fully saturated rings. The van der Waals surface area contributed by atoms with Crippen molar-refractivity contribution in [2.45, 2.75) is 19.1 Å². The molecule has 2 aromatic carbocycles. The van der Waals surface area contributed by atoms with Crippen LogP contribution < -0.4 is 5.73 Å². The summed E-state index contributed by atoms with van der Waals surface area (Å²) < 4.78 is 38.3. The van der Waals surface area contributed by atoms with Gasteiger partial charge in [0.25, 0.3) is 0 Å². The third-order valence-corrected chi connectivity index (χ3v) is 5.66. The second-order valence-corrected chi connectivity index (χ2v) is 7.35. The number of hydrogen-bond acceptors (Lipinski definition) is 7. The van der Waals surface area contributed by atoms with Crippen molar-refractivity contribution in [1.82, 2.24) is 4.98 Å². The normalized spacial score (nSPS) is 14.0. The van der Waals surface area contributed by atoms with Crippen molar-refractivity contribution in [1.29, 1.82) is 0 Å². The Bertz CT molecular complexity index is 1080. The summed E-state index contributed by atoms with van der Waals surface area (Å²) in [4.78, 5) is 4.91. The highest BCUT2D eigenvalue weighted by Gasteiger charge is 2.30. The van der Waals surface area contributed by atoms with Crippen molar-refractivity contribution in [3.05, 3.63) is 76.3 Å². The SMILES string of the molecule is Cc1nc(-c2ccc(C(F)(F)F)cc2)sc1C(N)C(=N/O)/C(=N/O)c1ccccc1. The van der Waals surface area contributed by atoms with Gasteiger partial charge in [-0.3, -0.25) is 0 Å². The van der Waals surface area contributed by atoms with Crippen LogP contribution in [0.15, 0.2) is 64.9 Å². The van der Waals surface area contributed by atoms with Gasteiger partial charge in [0.1, 0.15) is 16.4 Å². The van der Waals surface area contributed by atoms with Gasteiger partial charge in [-0.1, -0.05) is 52.8 Å². The number of hydrogen-bond donors (Lipinski definition) is 3. The van der Waals surface area contributed by atoms with Crippen LogP contribution in [-0.2, 0) is 6.18 Å². The Kier molecular flexibility index (Phi) is 6.18. The lowest BCUT2D eigenvalue weighted by atomic mass is 9.99. The molecule has 4 N–H and O–H groups in total. The van der Waals surface area contributed by atoms with E-state index in [1.165, 1.54) is 12.1 Å². The van der Waals surface area contributed by atoms with Gasteiger partial charge in [0.05, 0.1) is 22.2 Å². The van der Waals surface area contributed by atoms with Crippen LogP contribution in [0.3, 0.4) is 0 Å². The molecule has 3 rings (SSSR count). The summed E-state index contributed by atoms with van der Waals surface area (Å²) >= 11 is 1.15. The maximum absolute atomic E-state index is 12.8. The highest BCUT2D eigenvalue weighted by Crippen LogP contribution is 2.34. The maximum atomic E-state index is 12.8. The summed E-state index contributed by atoms with van der Waals surface area (Å²) in [6, 6.07) is 12.2. The highest BCUT2D eigenvalue weighted by molar-refractivity contribution is 7.15. The van der Waals surface area contributed by atoms with Crippen molar-refractivity contribution < 1.29 is 23.6 Å². The molecule has 1 unspecified atom stereocenters. The van der Waals surface area contributed by atoms with E-state index < -0.39 is 17.8 Å². The molecule has 156 valence electrons. The Labute approximate surface area is 173 Å². The minimum absolute atomic E-state index is 0.00511. The van der Waals surface area contributed by atoms with Crippen LogP contribution in [0, 0.1) is 6.92 Å². The van der Waals surface area contributed by atoms with Crippen LogP contribution in [0.2, 0.25) is 0 Å². The number of rotatable bonds is 5. The number of aromatic nitrogens is 1. The van der Waals surface area contributed by atoms with Crippen LogP contribution in [0.25, 0.3) is 10.6 Å². The van der Waals surface area contributed by atoms with Gasteiger partial charge in [-0.25, -0.2) is 4.98 Å². The number of nitrogens with two attached hydrogens (primary N) is 1. The Morgan fingerprint density at radius 3 is 2.20 bits per heavy atom. The molecule has 1 aromatic heterocycles. The molecule has 0 radical (unpaired) electrons. The largest absolute Gasteiger partial charge is 0.416 e. The Hall–Kier alpha value is -3.24. The predicted molar refractivity (Wildman–Crippen MR) is 108 cm³/mol. The topological polar surface area (TPSA) is 104 Å². The number of oxime groups is 2. The van der Waals surface area contributed by atoms with E-state index in [4.69, 9.17) is 5.73 Å². The molecule has 0 amide bonds. The number of nitrogens with zero attached hydrogens (tertiary/aromatic N) is 3. The number of benzene rings is 2. The van der Waals surface area contributed by atoms with Gasteiger partial charge in [0.2, 0.25) is 0 Å². The van der Waals surface area contributed by atoms with E-state index in [0.717, 1.165) is 23.5 Å². The average molecular weight is 434 g/mol. The molecule has 1 heterocycles. The maximum Gasteiger partial charge on any atom is 0.416 e. The van der Waals surface area contributed by atoms with E-state index in [1.54, 1.807) is 37.3 Å². The summed E-state index contributed by atoms with van der Waals surface area (Å²) in [7, 11) is 0. The molecule has 0 saturated heterocycles. The Balaban J connectivity index is 1.94. The second-order valence-electron chi connectivity index (χ2n) is 6.32. The van der Waals surface area contributed by atoms with Crippen molar-refractivity contribution in [3.8, 4) is 10.6 Å². The van der Waals surface area contributed by atoms with Crippen molar-refractivity contribution in [3.63, 3.8) is 0 Å². The van der Waals surface area contributed by atoms with E-state index >= 15 is 0 Å². The van der Waals surface area contributed by atoms with E-state index in [0.29, 0.717) is 26.7 Å². The lowest BCUT2D eigenvalue weighted by molar-refractivity contribution is -0.137. The molecule has 0 bridgehead atoms. The first-order valence-electron chi connectivity index (χ1n) is 8.66. The molecule has 0 aliphatic heterocycles. The molecule has 1 atom stereocenters. The Morgan fingerprint density at radius 1 is 1.03 bits per heavy atom. The fourth-order valence-electron chi connectivity index (χ4n) is 2.86. The third kappa shape index (κ3) is 4.34. The van der Waals surface area contributed by atoms with Crippen LogP contribution in [-0.4, -0.2) is 26.8 Å². The summed E-state index contributed by atoms with van der Waals surface area (Å²) in [5, 5.41) is 25.9. The molecule has 0 spiro atoms. The quantitative estimate of drug-likeness (QED) is 0.303. The molecule has 3 aromatic rings. The zero-order valence-electron chi connectivity index (χ0n) is 15.6. The summed E-state index contributed by atoms with van der Waals surface area (Å²) in [6.45, 7) is 1.69. The summed E-state index contributed by atoms with van der Waals surface area (Å²) in [5.41, 5.74) is 6.96. The van der Waals surface area contributed by atoms with Gasteiger partial charge in [-0.2, -0.15) is 13.2 Å². The fraction of sp³-hybridized carbons (Fsp3) is 0.150. The molecular formula is C20H17F3N4O2S. The molecule has 0 saturated carbocycles. The van der Waals surface area contributed by atoms with Crippen molar-refractivity contribution in [2.75, 3.05) is 0 Å². The van der Waals surface area contributed by atoms with Crippen LogP contribution in [0.4, 0.5) is 13.2 Å². The number of halogens is 3. The van der Waals surface area contributed by atoms with Gasteiger partial charge in [0.15, 0.2) is 0 Å². The van der Waals surface area contributed by atoms with Crippen LogP contribution >= 0.6 is 11.3 Å². The minimum Gasteiger partial charge on any atom is -0.411 e. The lowest BCUT2D eigenvalue weighted by Gasteiger charge is -2.13. The molecule has 6 nitrogen and oxygen atoms in total. The zero-order valence-corrected chi connectivity index (χ0v) is 16.4. The van der Waals surface area contributed by atoms with Crippen LogP contribution in [0.5, 0.6) is 0 Å². The standard InChI is InChI=1S/C20H17F3N4O2S/c1-11-18(15(24)17(27-29)16(26-28)12-5-3-2-4-6-12)30-19(25-11)13-7-9-14(10-8-13)20(21,22)23/h2-10,15,28-29H,24H2,1H3/b26-16+,27-17-. The first-order chi connectivity index (χ1) is 14.3. The average Bonchev–Trinajstić information content (AvgIpc) is 3.13. The van der Waals surface area contributed by atoms with Gasteiger partial charge < -0.3 is 16.1 Å². The van der Waals surface area contributed by atoms with Crippen molar-refractivity contribution >= 4 is 22.8 Å². The van der Waals surface area contributed by atoms with Crippen LogP contribution in [0.1, 0.15) is 27.7 Å². The van der Waals surface area contributed by atoms with Gasteiger partial charge in [-0.05, 0) is 19.1 Å². The fourth-order valence-corrected chi connectivity index (χ4v) is 3.93. The van der Waals surface area contributed by atoms with E-state index in [9.17, 15) is 23.6 Å². The Morgan fingerprint density at radius 2 is 1.67 bits per heavy atom. The summed E-state index contributed by atoms with van der Waals surface area (Å²) in [5.74, 6) is 0. The summed E-state index contributed by atoms with van der Waals surface area (Å²) in [6.07, 6.45) is -4.42. The first kappa shape index (κ1) is 21.5. The second kappa shape index (κ2) is 8.64. The van der Waals surface area contributed by atoms with Gasteiger partial charge >= 0.3 is 6.18 Å². The minimum atomic E-state index is -4.42. The molecule has 30 heavy (non-hydrogen) atoms. The van der Waals surface area contributed by atoms with Crippen molar-refractivity contribution in [2.24, 2.45) is 16.0 Å². The zero-order chi connectivity index (χ0) is 21.9. The smallest absolute Gasteiger partial charge is 0.411 e. The third-order valence-electron chi connectivity index (χ3n) is 4.37. The monoisotopic (exact) mass is 434 g/mol. The van der Waals surface area contributed by atoms with E-state index in [2.05, 4.69) is 15.3 Å². The lowest BCUT2D eigenvalue weighted by Crippen LogP contribution is -2.29. The first-order valence-corrected chi connectivity index (χ1v) is 9.48. The molecular weight excluding hydrogens is 417 g/mol. The predicted octanol–water partition coefficient (Wildman–Crippen LogP) is 4.85. The number of alkyl halides is 3. The highest BCUT2D eigenvalue weighted by atomic mass is 32.1. The van der Waals surface area contributed by atoms with Gasteiger partial charge in [-0.15, -0.1) is 11.3 Å².